The average Bonchev–Trinajstić information content (AvgIpc) is 3.27. The molecule has 1 amide bonds. The summed E-state index contributed by atoms with van der Waals surface area (Å²) in [6.45, 7) is 1.28. The van der Waals surface area contributed by atoms with E-state index < -0.39 is 67.8 Å². The van der Waals surface area contributed by atoms with Crippen LogP contribution in [0.2, 0.25) is 0 Å². The van der Waals surface area contributed by atoms with E-state index in [4.69, 9.17) is 0 Å². The van der Waals surface area contributed by atoms with Crippen LogP contribution in [0.5, 0.6) is 0 Å². The van der Waals surface area contributed by atoms with Gasteiger partial charge < -0.3 is 10.4 Å². The van der Waals surface area contributed by atoms with Gasteiger partial charge in [0.1, 0.15) is 10.6 Å². The monoisotopic (exact) mass is 599 g/mol. The zero-order chi connectivity index (χ0) is 29.9. The standard InChI is InChI=1S/C26H25F8NO4S/c1-14(36)13-35-22(37)19-10-11-23(40(38,39)18-6-4-17(27)5-7-18)20-9-3-16(12-15(20)2-8-21(19)23)24(28,25(29,30)31)26(32,33)34/h3-7,9,12,14,19,21,36H,2,8,10-11,13H2,1H3,(H,35,37)/t14-,19+,21-,23+/m0/s1. The number of hydrogen-bond donors (Lipinski definition) is 2. The number of hydrogen-bond acceptors (Lipinski definition) is 4. The lowest BCUT2D eigenvalue weighted by Gasteiger charge is -2.42. The Bertz CT molecular complexity index is 1370. The van der Waals surface area contributed by atoms with Gasteiger partial charge in [-0.2, -0.15) is 26.3 Å². The Morgan fingerprint density at radius 2 is 1.62 bits per heavy atom. The van der Waals surface area contributed by atoms with E-state index in [1.807, 2.05) is 0 Å². The molecule has 2 aromatic carbocycles. The van der Waals surface area contributed by atoms with Gasteiger partial charge in [-0.05, 0) is 73.9 Å². The second-order valence-electron chi connectivity index (χ2n) is 10.3. The molecule has 0 radical (unpaired) electrons. The van der Waals surface area contributed by atoms with Crippen molar-refractivity contribution >= 4 is 15.7 Å². The predicted octanol–water partition coefficient (Wildman–Crippen LogP) is 5.25. The summed E-state index contributed by atoms with van der Waals surface area (Å²) in [6.07, 6.45) is -14.2. The normalized spacial score (nSPS) is 24.2. The molecule has 40 heavy (non-hydrogen) atoms. The number of carbonyl (C=O) groups excluding carboxylic acids is 1. The molecule has 0 aromatic heterocycles. The number of aliphatic hydroxyl groups excluding tert-OH is 1. The van der Waals surface area contributed by atoms with Crippen LogP contribution < -0.4 is 5.32 Å². The van der Waals surface area contributed by atoms with Gasteiger partial charge in [0.05, 0.1) is 11.0 Å². The van der Waals surface area contributed by atoms with Gasteiger partial charge in [0.15, 0.2) is 9.84 Å². The van der Waals surface area contributed by atoms with Gasteiger partial charge >= 0.3 is 18.0 Å². The second kappa shape index (κ2) is 9.97. The van der Waals surface area contributed by atoms with Crippen LogP contribution in [0, 0.1) is 17.7 Å². The summed E-state index contributed by atoms with van der Waals surface area (Å²) in [5.41, 5.74) is -7.79. The third-order valence-corrected chi connectivity index (χ3v) is 10.5. The van der Waals surface area contributed by atoms with Crippen molar-refractivity contribution in [3.63, 3.8) is 0 Å². The number of alkyl halides is 7. The molecule has 0 spiro atoms. The summed E-state index contributed by atoms with van der Waals surface area (Å²) in [5.74, 6) is -3.20. The number of aryl methyl sites for hydroxylation is 1. The minimum absolute atomic E-state index is 0.00389. The molecule has 4 rings (SSSR count). The molecule has 5 nitrogen and oxygen atoms in total. The van der Waals surface area contributed by atoms with Crippen molar-refractivity contribution in [1.29, 1.82) is 0 Å². The van der Waals surface area contributed by atoms with Crippen LogP contribution in [0.25, 0.3) is 0 Å². The first-order valence-electron chi connectivity index (χ1n) is 12.3. The first-order valence-corrected chi connectivity index (χ1v) is 13.8. The molecule has 1 fully saturated rings. The van der Waals surface area contributed by atoms with E-state index in [0.29, 0.717) is 6.07 Å². The molecule has 0 saturated heterocycles. The molecule has 0 aliphatic heterocycles. The number of carbonyl (C=O) groups is 1. The third kappa shape index (κ3) is 4.56. The lowest BCUT2D eigenvalue weighted by molar-refractivity contribution is -0.348. The van der Waals surface area contributed by atoms with E-state index in [9.17, 15) is 53.4 Å². The molecule has 0 heterocycles. The smallest absolute Gasteiger partial charge is 0.392 e. The minimum Gasteiger partial charge on any atom is -0.392 e. The van der Waals surface area contributed by atoms with E-state index in [0.717, 1.165) is 30.3 Å². The SMILES string of the molecule is C[C@H](O)CNC(=O)[C@@H]1CC[C@@]2(S(=O)(=O)c3ccc(F)cc3)c3ccc(C(F)(C(F)(F)F)C(F)(F)F)cc3CC[C@@H]12. The zero-order valence-electron chi connectivity index (χ0n) is 20.9. The van der Waals surface area contributed by atoms with Gasteiger partial charge in [0.25, 0.3) is 0 Å². The number of aliphatic hydroxyl groups is 1. The summed E-state index contributed by atoms with van der Waals surface area (Å²) in [7, 11) is -4.53. The summed E-state index contributed by atoms with van der Waals surface area (Å²) in [4.78, 5) is 12.7. The Labute approximate surface area is 224 Å². The van der Waals surface area contributed by atoms with Crippen molar-refractivity contribution in [2.45, 2.75) is 66.4 Å². The molecule has 1 saturated carbocycles. The molecule has 2 aromatic rings. The molecule has 0 unspecified atom stereocenters. The fraction of sp³-hybridized carbons (Fsp3) is 0.500. The van der Waals surface area contributed by atoms with Crippen LogP contribution in [0.3, 0.4) is 0 Å². The molecule has 2 aliphatic rings. The van der Waals surface area contributed by atoms with Crippen LogP contribution in [0.15, 0.2) is 47.4 Å². The van der Waals surface area contributed by atoms with Gasteiger partial charge in [-0.15, -0.1) is 0 Å². The van der Waals surface area contributed by atoms with Gasteiger partial charge in [-0.25, -0.2) is 17.2 Å². The lowest BCUT2D eigenvalue weighted by Crippen LogP contribution is -2.51. The summed E-state index contributed by atoms with van der Waals surface area (Å²) in [5, 5.41) is 12.1. The first-order chi connectivity index (χ1) is 18.4. The van der Waals surface area contributed by atoms with Crippen LogP contribution in [0.1, 0.15) is 42.9 Å². The van der Waals surface area contributed by atoms with Crippen LogP contribution in [0.4, 0.5) is 35.1 Å². The number of fused-ring (bicyclic) bond motifs is 3. The number of nitrogens with one attached hydrogen (secondary N) is 1. The van der Waals surface area contributed by atoms with Crippen molar-refractivity contribution in [3.05, 3.63) is 65.0 Å². The summed E-state index contributed by atoms with van der Waals surface area (Å²) < 4.78 is 135. The van der Waals surface area contributed by atoms with Crippen molar-refractivity contribution in [1.82, 2.24) is 5.32 Å². The average molecular weight is 600 g/mol. The maximum Gasteiger partial charge on any atom is 0.435 e. The zero-order valence-corrected chi connectivity index (χ0v) is 21.7. The van der Waals surface area contributed by atoms with Crippen molar-refractivity contribution in [3.8, 4) is 0 Å². The van der Waals surface area contributed by atoms with Crippen molar-refractivity contribution in [2.24, 2.45) is 11.8 Å². The molecule has 220 valence electrons. The quantitative estimate of drug-likeness (QED) is 0.351. The number of halogens is 8. The number of rotatable bonds is 6. The topological polar surface area (TPSA) is 83.5 Å². The molecule has 2 aliphatic carbocycles. The van der Waals surface area contributed by atoms with Gasteiger partial charge in [-0.3, -0.25) is 4.79 Å². The van der Waals surface area contributed by atoms with Gasteiger partial charge in [0.2, 0.25) is 5.91 Å². The Balaban J connectivity index is 1.91. The predicted molar refractivity (Wildman–Crippen MR) is 126 cm³/mol. The van der Waals surface area contributed by atoms with Crippen molar-refractivity contribution < 1.29 is 53.4 Å². The Kier molecular flexibility index (Phi) is 7.53. The second-order valence-corrected chi connectivity index (χ2v) is 12.5. The summed E-state index contributed by atoms with van der Waals surface area (Å²) in [6, 6.07) is 5.19. The van der Waals surface area contributed by atoms with Gasteiger partial charge in [-0.1, -0.05) is 18.2 Å². The maximum atomic E-state index is 14.8. The number of sulfone groups is 1. The molecule has 4 atom stereocenters. The highest BCUT2D eigenvalue weighted by Crippen LogP contribution is 2.60. The van der Waals surface area contributed by atoms with Crippen LogP contribution in [-0.2, 0) is 31.5 Å². The molecule has 14 heteroatoms. The highest BCUT2D eigenvalue weighted by molar-refractivity contribution is 7.92. The highest BCUT2D eigenvalue weighted by atomic mass is 32.2. The Hall–Kier alpha value is -2.74. The Morgan fingerprint density at radius 1 is 1.02 bits per heavy atom. The third-order valence-electron chi connectivity index (χ3n) is 7.89. The van der Waals surface area contributed by atoms with E-state index in [2.05, 4.69) is 5.32 Å². The van der Waals surface area contributed by atoms with Crippen LogP contribution >= 0.6 is 0 Å². The fourth-order valence-corrected chi connectivity index (χ4v) is 8.54. The highest BCUT2D eigenvalue weighted by Gasteiger charge is 2.73. The van der Waals surface area contributed by atoms with Crippen LogP contribution in [-0.4, -0.2) is 44.4 Å². The first kappa shape index (κ1) is 30.2. The molecular formula is C26H25F8NO4S. The Morgan fingerprint density at radius 3 is 2.17 bits per heavy atom. The van der Waals surface area contributed by atoms with Crippen molar-refractivity contribution in [2.75, 3.05) is 6.54 Å². The van der Waals surface area contributed by atoms with E-state index in [1.54, 1.807) is 0 Å². The minimum atomic E-state index is -6.35. The number of amides is 1. The summed E-state index contributed by atoms with van der Waals surface area (Å²) >= 11 is 0. The lowest BCUT2D eigenvalue weighted by atomic mass is 9.72. The van der Waals surface area contributed by atoms with E-state index in [-0.39, 0.29) is 54.3 Å². The fourth-order valence-electron chi connectivity index (χ4n) is 6.07. The molecule has 0 bridgehead atoms. The molecule has 2 N–H and O–H groups in total. The molecular weight excluding hydrogens is 574 g/mol. The maximum absolute atomic E-state index is 14.8. The van der Waals surface area contributed by atoms with Gasteiger partial charge in [0, 0.05) is 18.0 Å². The largest absolute Gasteiger partial charge is 0.435 e. The number of benzene rings is 2. The van der Waals surface area contributed by atoms with E-state index >= 15 is 0 Å². The van der Waals surface area contributed by atoms with E-state index in [1.165, 1.54) is 6.92 Å².